The number of nitrogens with one attached hydrogen (secondary N) is 4. The molecule has 0 aromatic heterocycles. The Hall–Kier alpha value is -2.57. The van der Waals surface area contributed by atoms with Crippen LogP contribution < -0.4 is 21.7 Å². The molecule has 7 heteroatoms. The number of nitrogens with two attached hydrogens (primary N) is 1. The summed E-state index contributed by atoms with van der Waals surface area (Å²) in [6, 6.07) is 9.65. The molecule has 0 heterocycles. The fourth-order valence-corrected chi connectivity index (χ4v) is 2.77. The Bertz CT molecular complexity index is 599. The first-order valence-electron chi connectivity index (χ1n) is 8.57. The van der Waals surface area contributed by atoms with Crippen molar-refractivity contribution in [2.24, 2.45) is 11.1 Å². The number of hydrogen-bond acceptors (Lipinski definition) is 3. The number of guanidine groups is 1. The lowest BCUT2D eigenvalue weighted by Crippen LogP contribution is -2.54. The van der Waals surface area contributed by atoms with Crippen molar-refractivity contribution in [1.82, 2.24) is 16.0 Å². The van der Waals surface area contributed by atoms with Gasteiger partial charge in [0.2, 0.25) is 11.8 Å². The molecule has 0 unspecified atom stereocenters. The van der Waals surface area contributed by atoms with Crippen LogP contribution in [0.25, 0.3) is 0 Å². The molecule has 135 valence electrons. The highest BCUT2D eigenvalue weighted by atomic mass is 16.2. The Morgan fingerprint density at radius 3 is 2.48 bits per heavy atom. The first-order valence-corrected chi connectivity index (χ1v) is 8.57. The lowest BCUT2D eigenvalue weighted by molar-refractivity contribution is -0.149. The van der Waals surface area contributed by atoms with Crippen LogP contribution in [0.4, 0.5) is 0 Å². The molecule has 1 aromatic rings. The summed E-state index contributed by atoms with van der Waals surface area (Å²) in [7, 11) is 0. The average Bonchev–Trinajstić information content (AvgIpc) is 2.56. The predicted octanol–water partition coefficient (Wildman–Crippen LogP) is 1.01. The van der Waals surface area contributed by atoms with Crippen LogP contribution in [0.5, 0.6) is 0 Å². The van der Waals surface area contributed by atoms with Crippen molar-refractivity contribution < 1.29 is 9.59 Å². The summed E-state index contributed by atoms with van der Waals surface area (Å²) in [6.45, 7) is 2.67. The molecular formula is C18H26N5O2. The summed E-state index contributed by atoms with van der Waals surface area (Å²) in [5.41, 5.74) is 5.26. The van der Waals surface area contributed by atoms with Gasteiger partial charge in [-0.15, -0.1) is 0 Å². The van der Waals surface area contributed by atoms with Crippen LogP contribution in [0.15, 0.2) is 30.3 Å². The quantitative estimate of drug-likeness (QED) is 0.199. The van der Waals surface area contributed by atoms with E-state index in [1.54, 1.807) is 6.54 Å². The highest BCUT2D eigenvalue weighted by Gasteiger charge is 2.50. The molecule has 1 aliphatic carbocycles. The molecule has 2 rings (SSSR count). The summed E-state index contributed by atoms with van der Waals surface area (Å²) < 4.78 is 0. The van der Waals surface area contributed by atoms with E-state index < -0.39 is 5.41 Å². The first-order chi connectivity index (χ1) is 12.0. The second-order valence-electron chi connectivity index (χ2n) is 6.26. The summed E-state index contributed by atoms with van der Waals surface area (Å²) in [5.74, 6) is -0.497. The van der Waals surface area contributed by atoms with Gasteiger partial charge in [-0.05, 0) is 31.2 Å². The van der Waals surface area contributed by atoms with Crippen molar-refractivity contribution in [2.75, 3.05) is 6.54 Å². The highest BCUT2D eigenvalue weighted by Crippen LogP contribution is 2.41. The van der Waals surface area contributed by atoms with Gasteiger partial charge in [-0.1, -0.05) is 36.8 Å². The molecule has 25 heavy (non-hydrogen) atoms. The number of amides is 2. The van der Waals surface area contributed by atoms with Gasteiger partial charge in [0.1, 0.15) is 5.41 Å². The van der Waals surface area contributed by atoms with E-state index >= 15 is 0 Å². The number of unbranched alkanes of at least 4 members (excludes halogenated alkanes) is 1. The fourth-order valence-electron chi connectivity index (χ4n) is 2.77. The summed E-state index contributed by atoms with van der Waals surface area (Å²) in [4.78, 5) is 25.0. The van der Waals surface area contributed by atoms with Crippen LogP contribution in [0.2, 0.25) is 0 Å². The average molecular weight is 344 g/mol. The van der Waals surface area contributed by atoms with Crippen LogP contribution in [0, 0.1) is 17.4 Å². The maximum absolute atomic E-state index is 12.5. The second kappa shape index (κ2) is 9.05. The first kappa shape index (κ1) is 18.8. The van der Waals surface area contributed by atoms with Crippen molar-refractivity contribution in [3.05, 3.63) is 42.4 Å². The molecule has 7 nitrogen and oxygen atoms in total. The van der Waals surface area contributed by atoms with Gasteiger partial charge in [0, 0.05) is 19.6 Å². The maximum Gasteiger partial charge on any atom is 0.235 e. The molecule has 0 saturated heterocycles. The van der Waals surface area contributed by atoms with E-state index in [1.165, 1.54) is 0 Å². The molecule has 1 radical (unpaired) electrons. The zero-order valence-corrected chi connectivity index (χ0v) is 14.3. The van der Waals surface area contributed by atoms with Crippen molar-refractivity contribution in [3.8, 4) is 0 Å². The Labute approximate surface area is 148 Å². The molecule has 2 amide bonds. The molecular weight excluding hydrogens is 318 g/mol. The SMILES string of the molecule is N=C(N)NCCC[CH]NC(=O)C1(C(=O)NCc2ccccc2)CCC1. The molecule has 0 bridgehead atoms. The van der Waals surface area contributed by atoms with Gasteiger partial charge >= 0.3 is 0 Å². The largest absolute Gasteiger partial charge is 0.370 e. The van der Waals surface area contributed by atoms with Gasteiger partial charge in [-0.25, -0.2) is 0 Å². The minimum atomic E-state index is -0.942. The van der Waals surface area contributed by atoms with E-state index in [-0.39, 0.29) is 17.8 Å². The Morgan fingerprint density at radius 1 is 1.16 bits per heavy atom. The minimum Gasteiger partial charge on any atom is -0.370 e. The molecule has 1 aliphatic rings. The smallest absolute Gasteiger partial charge is 0.235 e. The zero-order valence-electron chi connectivity index (χ0n) is 14.3. The van der Waals surface area contributed by atoms with Gasteiger partial charge in [0.15, 0.2) is 5.96 Å². The molecule has 1 saturated carbocycles. The minimum absolute atomic E-state index is 0.0625. The Balaban J connectivity index is 1.75. The van der Waals surface area contributed by atoms with E-state index in [9.17, 15) is 9.59 Å². The third-order valence-electron chi connectivity index (χ3n) is 4.45. The van der Waals surface area contributed by atoms with E-state index in [1.807, 2.05) is 30.3 Å². The van der Waals surface area contributed by atoms with Crippen LogP contribution in [-0.4, -0.2) is 24.3 Å². The standard InChI is InChI=1S/C18H26N5O2/c19-17(20)22-12-5-4-11-21-15(24)18(9-6-10-18)16(25)23-13-14-7-2-1-3-8-14/h1-3,7-8,11H,4-6,9-10,12-13H2,(H,21,24)(H,23,25)(H4,19,20,22). The number of hydrogen-bond donors (Lipinski definition) is 5. The maximum atomic E-state index is 12.5. The van der Waals surface area contributed by atoms with Gasteiger partial charge in [-0.2, -0.15) is 0 Å². The lowest BCUT2D eigenvalue weighted by atomic mass is 9.67. The zero-order chi connectivity index (χ0) is 18.1. The van der Waals surface area contributed by atoms with E-state index in [2.05, 4.69) is 16.0 Å². The molecule has 1 fully saturated rings. The molecule has 0 spiro atoms. The van der Waals surface area contributed by atoms with E-state index in [0.717, 1.165) is 18.4 Å². The van der Waals surface area contributed by atoms with Crippen LogP contribution in [0.3, 0.4) is 0 Å². The Morgan fingerprint density at radius 2 is 1.88 bits per heavy atom. The third-order valence-corrected chi connectivity index (χ3v) is 4.45. The van der Waals surface area contributed by atoms with Gasteiger partial charge in [0.05, 0.1) is 0 Å². The number of carbonyl (C=O) groups excluding carboxylic acids is 2. The summed E-state index contributed by atoms with van der Waals surface area (Å²) in [6.07, 6.45) is 3.44. The molecule has 1 aromatic carbocycles. The van der Waals surface area contributed by atoms with Crippen molar-refractivity contribution in [1.29, 1.82) is 5.41 Å². The van der Waals surface area contributed by atoms with Crippen LogP contribution in [-0.2, 0) is 16.1 Å². The fraction of sp³-hybridized carbons (Fsp3) is 0.444. The second-order valence-corrected chi connectivity index (χ2v) is 6.26. The third kappa shape index (κ3) is 5.20. The van der Waals surface area contributed by atoms with Gasteiger partial charge < -0.3 is 21.7 Å². The lowest BCUT2D eigenvalue weighted by Gasteiger charge is -2.38. The highest BCUT2D eigenvalue weighted by molar-refractivity contribution is 6.06. The van der Waals surface area contributed by atoms with Crippen molar-refractivity contribution in [2.45, 2.75) is 38.6 Å². The number of rotatable bonds is 9. The number of benzene rings is 1. The Kier molecular flexibility index (Phi) is 6.80. The number of carbonyl (C=O) groups is 2. The summed E-state index contributed by atoms with van der Waals surface area (Å²) >= 11 is 0. The van der Waals surface area contributed by atoms with E-state index in [0.29, 0.717) is 32.4 Å². The van der Waals surface area contributed by atoms with Crippen LogP contribution >= 0.6 is 0 Å². The van der Waals surface area contributed by atoms with Crippen molar-refractivity contribution in [3.63, 3.8) is 0 Å². The van der Waals surface area contributed by atoms with Crippen molar-refractivity contribution >= 4 is 17.8 Å². The van der Waals surface area contributed by atoms with Gasteiger partial charge in [0.25, 0.3) is 0 Å². The predicted molar refractivity (Wildman–Crippen MR) is 96.2 cm³/mol. The molecule has 0 atom stereocenters. The summed E-state index contributed by atoms with van der Waals surface area (Å²) in [5, 5.41) is 15.4. The van der Waals surface area contributed by atoms with Gasteiger partial charge in [-0.3, -0.25) is 15.0 Å². The molecule has 6 N–H and O–H groups in total. The topological polar surface area (TPSA) is 120 Å². The monoisotopic (exact) mass is 344 g/mol. The normalized spacial score (nSPS) is 14.9. The van der Waals surface area contributed by atoms with E-state index in [4.69, 9.17) is 11.1 Å². The van der Waals surface area contributed by atoms with Crippen LogP contribution in [0.1, 0.15) is 37.7 Å². The molecule has 0 aliphatic heterocycles.